The predicted molar refractivity (Wildman–Crippen MR) is 76.9 cm³/mol. The maximum atomic E-state index is 12.0. The maximum absolute atomic E-state index is 12.0. The van der Waals surface area contributed by atoms with Gasteiger partial charge in [0, 0.05) is 42.1 Å². The van der Waals surface area contributed by atoms with Gasteiger partial charge in [-0.1, -0.05) is 27.5 Å². The number of hydrogen-bond donors (Lipinski definition) is 1. The normalized spacial score (nSPS) is 15.8. The van der Waals surface area contributed by atoms with Gasteiger partial charge in [0.05, 0.1) is 0 Å². The third kappa shape index (κ3) is 3.70. The number of carbonyl (C=O) groups is 1. The first-order chi connectivity index (χ1) is 8.66. The molecule has 0 aliphatic carbocycles. The molecule has 0 radical (unpaired) electrons. The first kappa shape index (κ1) is 13.8. The van der Waals surface area contributed by atoms with E-state index in [1.807, 2.05) is 23.1 Å². The molecule has 5 heteroatoms. The van der Waals surface area contributed by atoms with Gasteiger partial charge in [-0.05, 0) is 30.2 Å². The van der Waals surface area contributed by atoms with E-state index in [1.165, 1.54) is 0 Å². The van der Waals surface area contributed by atoms with Crippen molar-refractivity contribution in [2.24, 2.45) is 0 Å². The molecule has 0 unspecified atom stereocenters. The van der Waals surface area contributed by atoms with E-state index in [9.17, 15) is 4.79 Å². The van der Waals surface area contributed by atoms with Gasteiger partial charge in [0.15, 0.2) is 0 Å². The molecule has 1 N–H and O–H groups in total. The summed E-state index contributed by atoms with van der Waals surface area (Å²) in [6.45, 7) is 3.42. The van der Waals surface area contributed by atoms with Crippen LogP contribution in [0, 0.1) is 0 Å². The van der Waals surface area contributed by atoms with E-state index < -0.39 is 0 Å². The number of carbonyl (C=O) groups excluding carboxylic acids is 1. The van der Waals surface area contributed by atoms with Crippen molar-refractivity contribution in [1.82, 2.24) is 10.2 Å². The molecule has 1 amide bonds. The first-order valence-corrected chi connectivity index (χ1v) is 7.26. The van der Waals surface area contributed by atoms with Crippen LogP contribution in [0.4, 0.5) is 0 Å². The molecule has 0 bridgehead atoms. The molecule has 2 rings (SSSR count). The number of amides is 1. The van der Waals surface area contributed by atoms with Crippen LogP contribution in [-0.2, 0) is 11.2 Å². The van der Waals surface area contributed by atoms with Crippen LogP contribution in [0.15, 0.2) is 22.7 Å². The maximum Gasteiger partial charge on any atom is 0.222 e. The summed E-state index contributed by atoms with van der Waals surface area (Å²) in [5.74, 6) is 0.225. The summed E-state index contributed by atoms with van der Waals surface area (Å²) in [5, 5.41) is 3.95. The van der Waals surface area contributed by atoms with Gasteiger partial charge >= 0.3 is 0 Å². The summed E-state index contributed by atoms with van der Waals surface area (Å²) in [4.78, 5) is 13.9. The molecule has 1 heterocycles. The first-order valence-electron chi connectivity index (χ1n) is 6.09. The fraction of sp³-hybridized carbons (Fsp3) is 0.462. The summed E-state index contributed by atoms with van der Waals surface area (Å²) in [5.41, 5.74) is 1.09. The van der Waals surface area contributed by atoms with Gasteiger partial charge in [0.2, 0.25) is 5.91 Å². The van der Waals surface area contributed by atoms with Crippen molar-refractivity contribution < 1.29 is 4.79 Å². The highest BCUT2D eigenvalue weighted by Crippen LogP contribution is 2.22. The number of hydrogen-bond acceptors (Lipinski definition) is 2. The fourth-order valence-corrected chi connectivity index (χ4v) is 2.69. The van der Waals surface area contributed by atoms with E-state index in [2.05, 4.69) is 21.2 Å². The van der Waals surface area contributed by atoms with Crippen LogP contribution in [0.5, 0.6) is 0 Å². The van der Waals surface area contributed by atoms with Crippen LogP contribution >= 0.6 is 27.5 Å². The van der Waals surface area contributed by atoms with Gasteiger partial charge in [-0.3, -0.25) is 4.79 Å². The summed E-state index contributed by atoms with van der Waals surface area (Å²) >= 11 is 9.44. The molecule has 0 atom stereocenters. The summed E-state index contributed by atoms with van der Waals surface area (Å²) in [6, 6.07) is 5.68. The van der Waals surface area contributed by atoms with Gasteiger partial charge in [0.1, 0.15) is 0 Å². The minimum atomic E-state index is 0.225. The zero-order valence-corrected chi connectivity index (χ0v) is 12.4. The molecule has 3 nitrogen and oxygen atoms in total. The molecule has 1 saturated heterocycles. The van der Waals surface area contributed by atoms with E-state index in [0.717, 1.165) is 42.6 Å². The lowest BCUT2D eigenvalue weighted by Gasteiger charge is -2.27. The molecule has 1 aromatic rings. The lowest BCUT2D eigenvalue weighted by Crippen LogP contribution is -2.46. The lowest BCUT2D eigenvalue weighted by atomic mass is 10.1. The van der Waals surface area contributed by atoms with E-state index in [0.29, 0.717) is 11.4 Å². The Bertz CT molecular complexity index is 433. The molecule has 0 aromatic heterocycles. The van der Waals surface area contributed by atoms with Gasteiger partial charge in [-0.2, -0.15) is 0 Å². The van der Waals surface area contributed by atoms with E-state index in [4.69, 9.17) is 11.6 Å². The molecule has 1 aliphatic rings. The molecule has 1 aliphatic heterocycles. The number of nitrogens with one attached hydrogen (secondary N) is 1. The summed E-state index contributed by atoms with van der Waals surface area (Å²) in [6.07, 6.45) is 1.27. The van der Waals surface area contributed by atoms with Crippen molar-refractivity contribution in [3.63, 3.8) is 0 Å². The standard InChI is InChI=1S/C13H16BrClN2O/c14-12-3-2-11(15)9-10(12)1-4-13(18)17-7-5-16-6-8-17/h2-3,9,16H,1,4-8H2. The Balaban J connectivity index is 1.90. The molecule has 0 spiro atoms. The van der Waals surface area contributed by atoms with Crippen molar-refractivity contribution in [1.29, 1.82) is 0 Å². The Morgan fingerprint density at radius 1 is 1.39 bits per heavy atom. The molecule has 1 aromatic carbocycles. The highest BCUT2D eigenvalue weighted by molar-refractivity contribution is 9.10. The van der Waals surface area contributed by atoms with Crippen molar-refractivity contribution in [3.05, 3.63) is 33.3 Å². The van der Waals surface area contributed by atoms with Crippen molar-refractivity contribution in [2.75, 3.05) is 26.2 Å². The SMILES string of the molecule is O=C(CCc1cc(Cl)ccc1Br)N1CCNCC1. The zero-order chi connectivity index (χ0) is 13.0. The quantitative estimate of drug-likeness (QED) is 0.923. The smallest absolute Gasteiger partial charge is 0.222 e. The number of aryl methyl sites for hydroxylation is 1. The number of nitrogens with zero attached hydrogens (tertiary/aromatic N) is 1. The Hall–Kier alpha value is -0.580. The Labute approximate surface area is 121 Å². The highest BCUT2D eigenvalue weighted by atomic mass is 79.9. The second-order valence-corrected chi connectivity index (χ2v) is 5.66. The largest absolute Gasteiger partial charge is 0.340 e. The second-order valence-electron chi connectivity index (χ2n) is 4.37. The van der Waals surface area contributed by atoms with Crippen molar-refractivity contribution >= 4 is 33.4 Å². The Kier molecular flexibility index (Phi) is 5.03. The van der Waals surface area contributed by atoms with Crippen LogP contribution in [0.3, 0.4) is 0 Å². The van der Waals surface area contributed by atoms with E-state index in [-0.39, 0.29) is 5.91 Å². The topological polar surface area (TPSA) is 32.3 Å². The number of halogens is 2. The molecule has 98 valence electrons. The average molecular weight is 332 g/mol. The van der Waals surface area contributed by atoms with Gasteiger partial charge in [-0.15, -0.1) is 0 Å². The molecule has 18 heavy (non-hydrogen) atoms. The van der Waals surface area contributed by atoms with Gasteiger partial charge in [-0.25, -0.2) is 0 Å². The average Bonchev–Trinajstić information content (AvgIpc) is 2.40. The molecule has 1 fully saturated rings. The second kappa shape index (κ2) is 6.55. The van der Waals surface area contributed by atoms with E-state index >= 15 is 0 Å². The third-order valence-corrected chi connectivity index (χ3v) is 4.09. The van der Waals surface area contributed by atoms with E-state index in [1.54, 1.807) is 0 Å². The van der Waals surface area contributed by atoms with Crippen LogP contribution in [-0.4, -0.2) is 37.0 Å². The minimum absolute atomic E-state index is 0.225. The molecular formula is C13H16BrClN2O. The molecule has 0 saturated carbocycles. The Morgan fingerprint density at radius 2 is 2.11 bits per heavy atom. The lowest BCUT2D eigenvalue weighted by molar-refractivity contribution is -0.131. The predicted octanol–water partition coefficient (Wildman–Crippen LogP) is 2.47. The number of rotatable bonds is 3. The van der Waals surface area contributed by atoms with Crippen LogP contribution in [0.1, 0.15) is 12.0 Å². The van der Waals surface area contributed by atoms with Gasteiger partial charge in [0.25, 0.3) is 0 Å². The summed E-state index contributed by atoms with van der Waals surface area (Å²) in [7, 11) is 0. The van der Waals surface area contributed by atoms with Crippen LogP contribution in [0.25, 0.3) is 0 Å². The number of piperazine rings is 1. The van der Waals surface area contributed by atoms with Crippen LogP contribution in [0.2, 0.25) is 5.02 Å². The van der Waals surface area contributed by atoms with Gasteiger partial charge < -0.3 is 10.2 Å². The monoisotopic (exact) mass is 330 g/mol. The molecular weight excluding hydrogens is 316 g/mol. The highest BCUT2D eigenvalue weighted by Gasteiger charge is 2.16. The van der Waals surface area contributed by atoms with Crippen molar-refractivity contribution in [3.8, 4) is 0 Å². The Morgan fingerprint density at radius 3 is 2.83 bits per heavy atom. The number of benzene rings is 1. The third-order valence-electron chi connectivity index (χ3n) is 3.09. The zero-order valence-electron chi connectivity index (χ0n) is 10.1. The minimum Gasteiger partial charge on any atom is -0.340 e. The van der Waals surface area contributed by atoms with Crippen molar-refractivity contribution in [2.45, 2.75) is 12.8 Å². The summed E-state index contributed by atoms with van der Waals surface area (Å²) < 4.78 is 1.01. The fourth-order valence-electron chi connectivity index (χ4n) is 2.05. The van der Waals surface area contributed by atoms with Crippen LogP contribution < -0.4 is 5.32 Å².